The average molecular weight is 211 g/mol. The first-order valence-corrected chi connectivity index (χ1v) is 5.39. The molecule has 1 N–H and O–H groups in total. The molecule has 1 aromatic heterocycles. The topological polar surface area (TPSA) is 50.2 Å². The van der Waals surface area contributed by atoms with Crippen molar-refractivity contribution in [3.05, 3.63) is 23.9 Å². The van der Waals surface area contributed by atoms with Crippen LogP contribution in [0.4, 0.5) is 0 Å². The van der Waals surface area contributed by atoms with Gasteiger partial charge in [0.1, 0.15) is 0 Å². The summed E-state index contributed by atoms with van der Waals surface area (Å²) in [4.78, 5) is 14.5. The fourth-order valence-corrected chi connectivity index (χ4v) is 1.68. The van der Waals surface area contributed by atoms with E-state index in [1.165, 1.54) is 0 Å². The summed E-state index contributed by atoms with van der Waals surface area (Å²) < 4.78 is 0. The Morgan fingerprint density at radius 3 is 2.93 bits per heavy atom. The number of thioether (sulfide) groups is 1. The molecule has 1 aromatic rings. The van der Waals surface area contributed by atoms with Crippen LogP contribution in [0, 0.1) is 5.92 Å². The maximum absolute atomic E-state index is 10.4. The maximum Gasteiger partial charge on any atom is 0.151 e. The van der Waals surface area contributed by atoms with E-state index < -0.39 is 0 Å². The zero-order valence-electron chi connectivity index (χ0n) is 8.01. The first kappa shape index (κ1) is 11.2. The summed E-state index contributed by atoms with van der Waals surface area (Å²) in [7, 11) is 0. The molecule has 0 radical (unpaired) electrons. The highest BCUT2D eigenvalue weighted by Crippen LogP contribution is 2.17. The Balaban J connectivity index is 2.47. The van der Waals surface area contributed by atoms with Gasteiger partial charge < -0.3 is 5.11 Å². The number of carbonyl (C=O) groups excluding carboxylic acids is 1. The fraction of sp³-hybridized carbons (Fsp3) is 0.400. The van der Waals surface area contributed by atoms with Crippen molar-refractivity contribution in [3.63, 3.8) is 0 Å². The van der Waals surface area contributed by atoms with E-state index in [0.717, 1.165) is 17.1 Å². The first-order chi connectivity index (χ1) is 6.76. The molecule has 1 heterocycles. The Labute approximate surface area is 87.6 Å². The van der Waals surface area contributed by atoms with Gasteiger partial charge in [0.2, 0.25) is 0 Å². The largest absolute Gasteiger partial charge is 0.396 e. The monoisotopic (exact) mass is 211 g/mol. The zero-order chi connectivity index (χ0) is 10.4. The molecule has 0 saturated heterocycles. The normalized spacial score (nSPS) is 12.4. The Morgan fingerprint density at radius 1 is 1.64 bits per heavy atom. The van der Waals surface area contributed by atoms with Crippen LogP contribution in [0.3, 0.4) is 0 Å². The van der Waals surface area contributed by atoms with E-state index in [1.807, 2.05) is 13.0 Å². The van der Waals surface area contributed by atoms with Gasteiger partial charge in [-0.25, -0.2) is 4.98 Å². The fourth-order valence-electron chi connectivity index (χ4n) is 0.827. The minimum absolute atomic E-state index is 0.194. The van der Waals surface area contributed by atoms with Crippen LogP contribution < -0.4 is 0 Å². The number of aldehydes is 1. The second-order valence-corrected chi connectivity index (χ2v) is 4.19. The molecule has 0 bridgehead atoms. The van der Waals surface area contributed by atoms with Gasteiger partial charge >= 0.3 is 0 Å². The lowest BCUT2D eigenvalue weighted by molar-refractivity contribution is 0.112. The zero-order valence-corrected chi connectivity index (χ0v) is 8.83. The predicted molar refractivity (Wildman–Crippen MR) is 56.6 cm³/mol. The number of rotatable bonds is 5. The standard InChI is InChI=1S/C10H13NO2S/c1-8(5-12)7-14-10-3-2-9(6-13)4-11-10/h2-4,6,8,12H,5,7H2,1H3. The van der Waals surface area contributed by atoms with E-state index in [1.54, 1.807) is 24.0 Å². The van der Waals surface area contributed by atoms with Gasteiger partial charge in [0.05, 0.1) is 5.03 Å². The molecular weight excluding hydrogens is 198 g/mol. The third-order valence-corrected chi connectivity index (χ3v) is 3.00. The van der Waals surface area contributed by atoms with Gasteiger partial charge in [-0.2, -0.15) is 0 Å². The van der Waals surface area contributed by atoms with Crippen LogP contribution in [0.15, 0.2) is 23.4 Å². The molecule has 14 heavy (non-hydrogen) atoms. The van der Waals surface area contributed by atoms with Crippen LogP contribution in [0.25, 0.3) is 0 Å². The van der Waals surface area contributed by atoms with Crippen LogP contribution >= 0.6 is 11.8 Å². The average Bonchev–Trinajstić information content (AvgIpc) is 2.26. The first-order valence-electron chi connectivity index (χ1n) is 4.41. The highest BCUT2D eigenvalue weighted by atomic mass is 32.2. The van der Waals surface area contributed by atoms with Crippen LogP contribution in [0.2, 0.25) is 0 Å². The van der Waals surface area contributed by atoms with Crippen molar-refractivity contribution >= 4 is 18.0 Å². The Kier molecular flexibility index (Phi) is 4.62. The van der Waals surface area contributed by atoms with Gasteiger partial charge in [-0.15, -0.1) is 11.8 Å². The molecule has 4 heteroatoms. The number of aromatic nitrogens is 1. The molecule has 1 atom stereocenters. The minimum Gasteiger partial charge on any atom is -0.396 e. The summed E-state index contributed by atoms with van der Waals surface area (Å²) >= 11 is 1.59. The summed E-state index contributed by atoms with van der Waals surface area (Å²) in [6.45, 7) is 2.17. The molecule has 0 amide bonds. The second-order valence-electron chi connectivity index (χ2n) is 3.15. The molecule has 0 saturated carbocycles. The summed E-state index contributed by atoms with van der Waals surface area (Å²) in [6, 6.07) is 3.56. The van der Waals surface area contributed by atoms with E-state index in [0.29, 0.717) is 5.56 Å². The number of aliphatic hydroxyl groups is 1. The van der Waals surface area contributed by atoms with Crippen molar-refractivity contribution in [2.45, 2.75) is 11.9 Å². The third-order valence-electron chi connectivity index (χ3n) is 1.72. The Hall–Kier alpha value is -0.870. The van der Waals surface area contributed by atoms with Gasteiger partial charge in [0.25, 0.3) is 0 Å². The Bertz CT molecular complexity index is 287. The molecule has 0 aliphatic carbocycles. The van der Waals surface area contributed by atoms with E-state index in [-0.39, 0.29) is 12.5 Å². The predicted octanol–water partition coefficient (Wildman–Crippen LogP) is 1.61. The maximum atomic E-state index is 10.4. The Morgan fingerprint density at radius 2 is 2.43 bits per heavy atom. The number of aliphatic hydroxyl groups excluding tert-OH is 1. The van der Waals surface area contributed by atoms with E-state index in [2.05, 4.69) is 4.98 Å². The van der Waals surface area contributed by atoms with Gasteiger partial charge in [-0.3, -0.25) is 4.79 Å². The lowest BCUT2D eigenvalue weighted by Crippen LogP contribution is -2.03. The molecule has 76 valence electrons. The van der Waals surface area contributed by atoms with E-state index >= 15 is 0 Å². The molecule has 0 aromatic carbocycles. The van der Waals surface area contributed by atoms with Crippen LogP contribution in [0.5, 0.6) is 0 Å². The highest BCUT2D eigenvalue weighted by molar-refractivity contribution is 7.99. The smallest absolute Gasteiger partial charge is 0.151 e. The molecular formula is C10H13NO2S. The second kappa shape index (κ2) is 5.78. The summed E-state index contributed by atoms with van der Waals surface area (Å²) in [6.07, 6.45) is 2.33. The SMILES string of the molecule is CC(CO)CSc1ccc(C=O)cn1. The number of pyridine rings is 1. The summed E-state index contributed by atoms with van der Waals surface area (Å²) in [5.41, 5.74) is 0.588. The van der Waals surface area contributed by atoms with Crippen molar-refractivity contribution in [3.8, 4) is 0 Å². The number of hydrogen-bond donors (Lipinski definition) is 1. The molecule has 0 fully saturated rings. The quantitative estimate of drug-likeness (QED) is 0.594. The molecule has 0 aliphatic rings. The van der Waals surface area contributed by atoms with Crippen LogP contribution in [-0.2, 0) is 0 Å². The van der Waals surface area contributed by atoms with E-state index in [9.17, 15) is 4.79 Å². The van der Waals surface area contributed by atoms with Gasteiger partial charge in [-0.1, -0.05) is 6.92 Å². The molecule has 0 spiro atoms. The highest BCUT2D eigenvalue weighted by Gasteiger charge is 2.02. The van der Waals surface area contributed by atoms with Crippen molar-refractivity contribution < 1.29 is 9.90 Å². The van der Waals surface area contributed by atoms with Crippen LogP contribution in [-0.4, -0.2) is 28.7 Å². The van der Waals surface area contributed by atoms with Gasteiger partial charge in [0, 0.05) is 24.1 Å². The van der Waals surface area contributed by atoms with E-state index in [4.69, 9.17) is 5.11 Å². The lowest BCUT2D eigenvalue weighted by atomic mass is 10.2. The minimum atomic E-state index is 0.194. The molecule has 1 rings (SSSR count). The number of nitrogens with zero attached hydrogens (tertiary/aromatic N) is 1. The number of hydrogen-bond acceptors (Lipinski definition) is 4. The van der Waals surface area contributed by atoms with Crippen molar-refractivity contribution in [1.29, 1.82) is 0 Å². The van der Waals surface area contributed by atoms with Crippen LogP contribution in [0.1, 0.15) is 17.3 Å². The van der Waals surface area contributed by atoms with Crippen molar-refractivity contribution in [1.82, 2.24) is 4.98 Å². The summed E-state index contributed by atoms with van der Waals surface area (Å²) in [5.74, 6) is 1.11. The van der Waals surface area contributed by atoms with Gasteiger partial charge in [0.15, 0.2) is 6.29 Å². The van der Waals surface area contributed by atoms with Gasteiger partial charge in [-0.05, 0) is 18.1 Å². The third kappa shape index (κ3) is 3.47. The molecule has 1 unspecified atom stereocenters. The lowest BCUT2D eigenvalue weighted by Gasteiger charge is -2.05. The van der Waals surface area contributed by atoms with Crippen molar-refractivity contribution in [2.24, 2.45) is 5.92 Å². The van der Waals surface area contributed by atoms with Crippen molar-refractivity contribution in [2.75, 3.05) is 12.4 Å². The summed E-state index contributed by atoms with van der Waals surface area (Å²) in [5, 5.41) is 9.70. The molecule has 3 nitrogen and oxygen atoms in total. The molecule has 0 aliphatic heterocycles. The number of carbonyl (C=O) groups is 1.